The van der Waals surface area contributed by atoms with Gasteiger partial charge >= 0.3 is 0 Å². The summed E-state index contributed by atoms with van der Waals surface area (Å²) in [5.41, 5.74) is 0. The Morgan fingerprint density at radius 2 is 1.65 bits per heavy atom. The molecular weight excluding hydrogens is 250 g/mol. The van der Waals surface area contributed by atoms with E-state index in [-0.39, 0.29) is 0 Å². The van der Waals surface area contributed by atoms with Crippen LogP contribution in [0, 0.1) is 0 Å². The van der Waals surface area contributed by atoms with E-state index < -0.39 is 0 Å². The standard InChI is InChI=1S/C16H29N3O/c1-11-4-5-12(2)19(11)10-16(20)18(3)15-8-13-6-7-14(9-15)17-13/h11-15,17H,4-10H2,1-3H3. The van der Waals surface area contributed by atoms with Gasteiger partial charge < -0.3 is 10.2 Å². The molecule has 1 N–H and O–H groups in total. The number of fused-ring (bicyclic) bond motifs is 2. The minimum absolute atomic E-state index is 0.317. The fourth-order valence-electron chi connectivity index (χ4n) is 4.37. The zero-order valence-electron chi connectivity index (χ0n) is 13.1. The maximum atomic E-state index is 12.6. The van der Waals surface area contributed by atoms with Crippen LogP contribution >= 0.6 is 0 Å². The molecule has 4 nitrogen and oxygen atoms in total. The summed E-state index contributed by atoms with van der Waals surface area (Å²) in [4.78, 5) is 17.0. The molecule has 2 bridgehead atoms. The SMILES string of the molecule is CC1CCC(C)N1CC(=O)N(C)C1CC2CCC(C1)N2. The van der Waals surface area contributed by atoms with Crippen LogP contribution in [0.25, 0.3) is 0 Å². The molecule has 3 aliphatic heterocycles. The van der Waals surface area contributed by atoms with Gasteiger partial charge in [-0.2, -0.15) is 0 Å². The number of likely N-dealkylation sites (N-methyl/N-ethyl adjacent to an activating group) is 1. The average molecular weight is 279 g/mol. The van der Waals surface area contributed by atoms with E-state index in [1.807, 2.05) is 11.9 Å². The number of hydrogen-bond acceptors (Lipinski definition) is 3. The number of hydrogen-bond donors (Lipinski definition) is 1. The summed E-state index contributed by atoms with van der Waals surface area (Å²) in [5.74, 6) is 0.317. The van der Waals surface area contributed by atoms with E-state index in [4.69, 9.17) is 0 Å². The lowest BCUT2D eigenvalue weighted by atomic mass is 9.98. The molecule has 0 aromatic carbocycles. The summed E-state index contributed by atoms with van der Waals surface area (Å²) in [6, 6.07) is 2.88. The molecule has 4 unspecified atom stereocenters. The highest BCUT2D eigenvalue weighted by Gasteiger charge is 2.37. The molecule has 0 aromatic heterocycles. The first-order valence-corrected chi connectivity index (χ1v) is 8.32. The summed E-state index contributed by atoms with van der Waals surface area (Å²) < 4.78 is 0. The molecule has 3 saturated heterocycles. The van der Waals surface area contributed by atoms with Crippen LogP contribution in [0.4, 0.5) is 0 Å². The molecule has 0 aromatic rings. The van der Waals surface area contributed by atoms with Gasteiger partial charge in [0, 0.05) is 37.3 Å². The minimum atomic E-state index is 0.317. The van der Waals surface area contributed by atoms with E-state index in [2.05, 4.69) is 24.1 Å². The van der Waals surface area contributed by atoms with Crippen LogP contribution < -0.4 is 5.32 Å². The molecule has 0 saturated carbocycles. The van der Waals surface area contributed by atoms with Crippen LogP contribution in [-0.2, 0) is 4.79 Å². The molecule has 3 fully saturated rings. The van der Waals surface area contributed by atoms with Crippen LogP contribution in [0.2, 0.25) is 0 Å². The highest BCUT2D eigenvalue weighted by Crippen LogP contribution is 2.30. The first-order chi connectivity index (χ1) is 9.54. The number of likely N-dealkylation sites (tertiary alicyclic amines) is 1. The Kier molecular flexibility index (Phi) is 4.04. The summed E-state index contributed by atoms with van der Waals surface area (Å²) in [7, 11) is 2.02. The number of carbonyl (C=O) groups is 1. The maximum absolute atomic E-state index is 12.6. The highest BCUT2D eigenvalue weighted by atomic mass is 16.2. The summed E-state index contributed by atoms with van der Waals surface area (Å²) in [5, 5.41) is 3.65. The third-order valence-corrected chi connectivity index (χ3v) is 5.84. The van der Waals surface area contributed by atoms with E-state index in [1.165, 1.54) is 25.7 Å². The minimum Gasteiger partial charge on any atom is -0.342 e. The van der Waals surface area contributed by atoms with Gasteiger partial charge in [-0.05, 0) is 52.4 Å². The molecule has 4 atom stereocenters. The predicted molar refractivity (Wildman–Crippen MR) is 80.6 cm³/mol. The van der Waals surface area contributed by atoms with Crippen molar-refractivity contribution in [2.75, 3.05) is 13.6 Å². The van der Waals surface area contributed by atoms with Crippen molar-refractivity contribution < 1.29 is 4.79 Å². The number of nitrogens with one attached hydrogen (secondary N) is 1. The average Bonchev–Trinajstić information content (AvgIpc) is 2.93. The van der Waals surface area contributed by atoms with Crippen molar-refractivity contribution in [2.24, 2.45) is 0 Å². The van der Waals surface area contributed by atoms with Crippen LogP contribution in [0.15, 0.2) is 0 Å². The van der Waals surface area contributed by atoms with Crippen LogP contribution in [0.3, 0.4) is 0 Å². The van der Waals surface area contributed by atoms with Gasteiger partial charge in [0.25, 0.3) is 0 Å². The van der Waals surface area contributed by atoms with Gasteiger partial charge in [0.2, 0.25) is 5.91 Å². The Morgan fingerprint density at radius 3 is 2.20 bits per heavy atom. The van der Waals surface area contributed by atoms with Crippen molar-refractivity contribution in [1.82, 2.24) is 15.1 Å². The van der Waals surface area contributed by atoms with E-state index in [9.17, 15) is 4.79 Å². The molecule has 3 rings (SSSR count). The van der Waals surface area contributed by atoms with Gasteiger partial charge in [-0.1, -0.05) is 0 Å². The van der Waals surface area contributed by atoms with Crippen molar-refractivity contribution >= 4 is 5.91 Å². The van der Waals surface area contributed by atoms with E-state index >= 15 is 0 Å². The summed E-state index contributed by atoms with van der Waals surface area (Å²) in [6.45, 7) is 5.11. The lowest BCUT2D eigenvalue weighted by Gasteiger charge is -2.37. The topological polar surface area (TPSA) is 35.6 Å². The number of carbonyl (C=O) groups excluding carboxylic acids is 1. The fourth-order valence-corrected chi connectivity index (χ4v) is 4.37. The third-order valence-electron chi connectivity index (χ3n) is 5.84. The maximum Gasteiger partial charge on any atom is 0.236 e. The van der Waals surface area contributed by atoms with Gasteiger partial charge in [-0.3, -0.25) is 9.69 Å². The Balaban J connectivity index is 1.56. The van der Waals surface area contributed by atoms with Gasteiger partial charge in [0.15, 0.2) is 0 Å². The normalized spacial score (nSPS) is 41.0. The zero-order chi connectivity index (χ0) is 14.3. The van der Waals surface area contributed by atoms with Gasteiger partial charge in [-0.25, -0.2) is 0 Å². The molecule has 0 aliphatic carbocycles. The Labute approximate surface area is 122 Å². The predicted octanol–water partition coefficient (Wildman–Crippen LogP) is 1.60. The van der Waals surface area contributed by atoms with Gasteiger partial charge in [0.1, 0.15) is 0 Å². The second-order valence-corrected chi connectivity index (χ2v) is 7.22. The van der Waals surface area contributed by atoms with Crippen LogP contribution in [0.1, 0.15) is 52.4 Å². The van der Waals surface area contributed by atoms with E-state index in [0.29, 0.717) is 42.7 Å². The quantitative estimate of drug-likeness (QED) is 0.852. The molecular formula is C16H29N3O. The molecule has 3 aliphatic rings. The lowest BCUT2D eigenvalue weighted by molar-refractivity contribution is -0.134. The largest absolute Gasteiger partial charge is 0.342 e. The Morgan fingerprint density at radius 1 is 1.10 bits per heavy atom. The van der Waals surface area contributed by atoms with Crippen molar-refractivity contribution in [3.63, 3.8) is 0 Å². The fraction of sp³-hybridized carbons (Fsp3) is 0.938. The van der Waals surface area contributed by atoms with Gasteiger partial charge in [-0.15, -0.1) is 0 Å². The molecule has 4 heteroatoms. The second kappa shape index (κ2) is 5.64. The van der Waals surface area contributed by atoms with Crippen molar-refractivity contribution in [3.8, 4) is 0 Å². The molecule has 0 radical (unpaired) electrons. The summed E-state index contributed by atoms with van der Waals surface area (Å²) >= 11 is 0. The van der Waals surface area contributed by atoms with Gasteiger partial charge in [0.05, 0.1) is 6.54 Å². The molecule has 3 heterocycles. The van der Waals surface area contributed by atoms with E-state index in [1.54, 1.807) is 0 Å². The zero-order valence-corrected chi connectivity index (χ0v) is 13.1. The lowest BCUT2D eigenvalue weighted by Crippen LogP contribution is -2.51. The van der Waals surface area contributed by atoms with Crippen molar-refractivity contribution in [1.29, 1.82) is 0 Å². The Hall–Kier alpha value is -0.610. The number of piperidine rings is 1. The second-order valence-electron chi connectivity index (χ2n) is 7.22. The number of amides is 1. The third kappa shape index (κ3) is 2.73. The van der Waals surface area contributed by atoms with Crippen LogP contribution in [0.5, 0.6) is 0 Å². The molecule has 20 heavy (non-hydrogen) atoms. The summed E-state index contributed by atoms with van der Waals surface area (Å²) in [6.07, 6.45) is 7.34. The van der Waals surface area contributed by atoms with Crippen LogP contribution in [-0.4, -0.2) is 59.5 Å². The first-order valence-electron chi connectivity index (χ1n) is 8.32. The van der Waals surface area contributed by atoms with Crippen molar-refractivity contribution in [2.45, 2.75) is 82.6 Å². The van der Waals surface area contributed by atoms with Crippen molar-refractivity contribution in [3.05, 3.63) is 0 Å². The Bertz CT molecular complexity index is 351. The molecule has 114 valence electrons. The highest BCUT2D eigenvalue weighted by molar-refractivity contribution is 5.78. The number of nitrogens with zero attached hydrogens (tertiary/aromatic N) is 2. The molecule has 0 spiro atoms. The van der Waals surface area contributed by atoms with E-state index in [0.717, 1.165) is 12.8 Å². The first kappa shape index (κ1) is 14.3. The molecule has 1 amide bonds. The smallest absolute Gasteiger partial charge is 0.236 e. The monoisotopic (exact) mass is 279 g/mol. The number of rotatable bonds is 3.